The Balaban J connectivity index is 1.42. The number of benzene rings is 1. The zero-order valence-electron chi connectivity index (χ0n) is 22.6. The van der Waals surface area contributed by atoms with Crippen LogP contribution in [0.1, 0.15) is 83.1 Å². The van der Waals surface area contributed by atoms with Crippen LogP contribution < -0.4 is 10.6 Å². The van der Waals surface area contributed by atoms with Crippen LogP contribution in [0.5, 0.6) is 0 Å². The molecule has 0 radical (unpaired) electrons. The Labute approximate surface area is 225 Å². The highest BCUT2D eigenvalue weighted by Crippen LogP contribution is 2.64. The summed E-state index contributed by atoms with van der Waals surface area (Å²) in [6.07, 6.45) is 9.36. The first-order valence-electron chi connectivity index (χ1n) is 14.7. The Kier molecular flexibility index (Phi) is 8.10. The molecule has 1 aromatic carbocycles. The second-order valence-electron chi connectivity index (χ2n) is 11.7. The number of aliphatic hydroxyl groups is 1. The van der Waals surface area contributed by atoms with Crippen LogP contribution in [0, 0.1) is 11.8 Å². The summed E-state index contributed by atoms with van der Waals surface area (Å²) in [4.78, 5) is 43.5. The quantitative estimate of drug-likeness (QED) is 0.385. The largest absolute Gasteiger partial charge is 0.396 e. The fraction of sp³-hybridized carbons (Fsp3) is 0.700. The third kappa shape index (κ3) is 4.75. The molecule has 3 aliphatic heterocycles. The highest BCUT2D eigenvalue weighted by molar-refractivity contribution is 5.99. The molecule has 1 aliphatic carbocycles. The van der Waals surface area contributed by atoms with Gasteiger partial charge in [0, 0.05) is 25.7 Å². The summed E-state index contributed by atoms with van der Waals surface area (Å²) in [5.74, 6) is -1.71. The standard InChI is InChI=1S/C30H43N3O5/c1-2-29-16-17-30(38-29)24(23(29)26(35)31-20-21-12-6-3-7-13-21)28(37)33(18-10-5-11-19-34)25(30)27(36)32-22-14-8-4-9-15-22/h3,6-7,12-13,22-25,34H,2,4-5,8-11,14-20H2,1H3,(H,31,35)(H,32,36)/t23-,24-,25?,29+,30?/m0/s1. The van der Waals surface area contributed by atoms with E-state index in [4.69, 9.17) is 4.74 Å². The molecule has 3 saturated heterocycles. The fourth-order valence-corrected chi connectivity index (χ4v) is 7.65. The van der Waals surface area contributed by atoms with Crippen molar-refractivity contribution < 1.29 is 24.2 Å². The second kappa shape index (κ2) is 11.3. The average Bonchev–Trinajstić information content (AvgIpc) is 3.54. The van der Waals surface area contributed by atoms with Gasteiger partial charge in [-0.25, -0.2) is 0 Å². The van der Waals surface area contributed by atoms with Crippen molar-refractivity contribution in [3.63, 3.8) is 0 Å². The van der Waals surface area contributed by atoms with Crippen molar-refractivity contribution in [3.05, 3.63) is 35.9 Å². The van der Waals surface area contributed by atoms with Gasteiger partial charge in [0.05, 0.1) is 17.4 Å². The van der Waals surface area contributed by atoms with E-state index >= 15 is 0 Å². The first-order valence-corrected chi connectivity index (χ1v) is 14.7. The predicted octanol–water partition coefficient (Wildman–Crippen LogP) is 3.07. The van der Waals surface area contributed by atoms with Crippen LogP contribution in [0.4, 0.5) is 0 Å². The molecule has 2 unspecified atom stereocenters. The lowest BCUT2D eigenvalue weighted by atomic mass is 9.65. The van der Waals surface area contributed by atoms with Gasteiger partial charge in [0.25, 0.3) is 0 Å². The molecule has 1 aromatic rings. The van der Waals surface area contributed by atoms with E-state index in [1.165, 1.54) is 6.42 Å². The smallest absolute Gasteiger partial charge is 0.246 e. The third-order valence-electron chi connectivity index (χ3n) is 9.53. The first-order chi connectivity index (χ1) is 18.5. The number of hydrogen-bond donors (Lipinski definition) is 3. The van der Waals surface area contributed by atoms with Gasteiger partial charge in [-0.2, -0.15) is 0 Å². The second-order valence-corrected chi connectivity index (χ2v) is 11.7. The molecule has 3 amide bonds. The molecule has 2 bridgehead atoms. The number of carbonyl (C=O) groups is 3. The molecule has 5 atom stereocenters. The molecule has 0 aromatic heterocycles. The van der Waals surface area contributed by atoms with Crippen LogP contribution in [0.2, 0.25) is 0 Å². The number of ether oxygens (including phenoxy) is 1. The van der Waals surface area contributed by atoms with Crippen molar-refractivity contribution in [3.8, 4) is 0 Å². The number of likely N-dealkylation sites (tertiary alicyclic amines) is 1. The number of carbonyl (C=O) groups excluding carboxylic acids is 3. The van der Waals surface area contributed by atoms with Gasteiger partial charge in [0.1, 0.15) is 11.6 Å². The predicted molar refractivity (Wildman–Crippen MR) is 143 cm³/mol. The lowest BCUT2D eigenvalue weighted by molar-refractivity contribution is -0.148. The number of fused-ring (bicyclic) bond motifs is 1. The van der Waals surface area contributed by atoms with Gasteiger partial charge in [0.15, 0.2) is 0 Å². The van der Waals surface area contributed by atoms with Crippen LogP contribution in [0.3, 0.4) is 0 Å². The molecule has 1 spiro atoms. The van der Waals surface area contributed by atoms with Crippen LogP contribution in [-0.4, -0.2) is 64.2 Å². The summed E-state index contributed by atoms with van der Waals surface area (Å²) in [5, 5.41) is 15.6. The van der Waals surface area contributed by atoms with Gasteiger partial charge in [-0.05, 0) is 56.9 Å². The zero-order valence-corrected chi connectivity index (χ0v) is 22.6. The molecule has 4 aliphatic rings. The maximum absolute atomic E-state index is 14.1. The highest BCUT2D eigenvalue weighted by Gasteiger charge is 2.78. The van der Waals surface area contributed by atoms with Gasteiger partial charge >= 0.3 is 0 Å². The molecule has 38 heavy (non-hydrogen) atoms. The summed E-state index contributed by atoms with van der Waals surface area (Å²) in [7, 11) is 0. The number of nitrogens with zero attached hydrogens (tertiary/aromatic N) is 1. The number of hydrogen-bond acceptors (Lipinski definition) is 5. The molecule has 208 valence electrons. The van der Waals surface area contributed by atoms with E-state index in [0.29, 0.717) is 45.2 Å². The lowest BCUT2D eigenvalue weighted by Gasteiger charge is -2.35. The minimum Gasteiger partial charge on any atom is -0.396 e. The molecule has 3 N–H and O–H groups in total. The number of amides is 3. The van der Waals surface area contributed by atoms with E-state index in [-0.39, 0.29) is 30.4 Å². The Morgan fingerprint density at radius 1 is 1.05 bits per heavy atom. The van der Waals surface area contributed by atoms with Gasteiger partial charge in [-0.15, -0.1) is 0 Å². The Hall–Kier alpha value is -2.45. The minimum absolute atomic E-state index is 0.109. The molecule has 5 rings (SSSR count). The molecule has 8 heteroatoms. The number of unbranched alkanes of at least 4 members (excludes halogenated alkanes) is 2. The van der Waals surface area contributed by atoms with Crippen molar-refractivity contribution >= 4 is 17.7 Å². The summed E-state index contributed by atoms with van der Waals surface area (Å²) in [6, 6.07) is 9.16. The number of nitrogens with one attached hydrogen (secondary N) is 2. The maximum Gasteiger partial charge on any atom is 0.246 e. The van der Waals surface area contributed by atoms with Crippen LogP contribution in [0.25, 0.3) is 0 Å². The molecule has 3 heterocycles. The SMILES string of the molecule is CC[C@]12CCC3(O1)C(C(=O)NC1CCCCC1)N(CCCCCO)C(=O)[C@@H]3[C@H]2C(=O)NCc1ccccc1. The summed E-state index contributed by atoms with van der Waals surface area (Å²) in [6.45, 7) is 2.95. The summed E-state index contributed by atoms with van der Waals surface area (Å²) in [5.41, 5.74) is -0.705. The van der Waals surface area contributed by atoms with Crippen LogP contribution in [0.15, 0.2) is 30.3 Å². The van der Waals surface area contributed by atoms with Gasteiger partial charge in [0.2, 0.25) is 17.7 Å². The van der Waals surface area contributed by atoms with Crippen molar-refractivity contribution in [2.24, 2.45) is 11.8 Å². The Morgan fingerprint density at radius 3 is 2.53 bits per heavy atom. The van der Waals surface area contributed by atoms with Gasteiger partial charge in [-0.1, -0.05) is 56.5 Å². The fourth-order valence-electron chi connectivity index (χ4n) is 7.65. The van der Waals surface area contributed by atoms with E-state index in [0.717, 1.165) is 37.7 Å². The van der Waals surface area contributed by atoms with Crippen molar-refractivity contribution in [2.75, 3.05) is 13.2 Å². The normalized spacial score (nSPS) is 32.4. The summed E-state index contributed by atoms with van der Waals surface area (Å²) < 4.78 is 6.83. The van der Waals surface area contributed by atoms with Crippen LogP contribution >= 0.6 is 0 Å². The molecule has 8 nitrogen and oxygen atoms in total. The topological polar surface area (TPSA) is 108 Å². The van der Waals surface area contributed by atoms with E-state index < -0.39 is 29.1 Å². The lowest BCUT2D eigenvalue weighted by Crippen LogP contribution is -2.57. The van der Waals surface area contributed by atoms with Crippen molar-refractivity contribution in [1.82, 2.24) is 15.5 Å². The van der Waals surface area contributed by atoms with E-state index in [1.807, 2.05) is 37.3 Å². The Bertz CT molecular complexity index is 1010. The van der Waals surface area contributed by atoms with E-state index in [9.17, 15) is 19.5 Å². The zero-order chi connectivity index (χ0) is 26.8. The molecular weight excluding hydrogens is 482 g/mol. The first kappa shape index (κ1) is 27.1. The maximum atomic E-state index is 14.1. The van der Waals surface area contributed by atoms with Crippen molar-refractivity contribution in [1.29, 1.82) is 0 Å². The average molecular weight is 526 g/mol. The monoisotopic (exact) mass is 525 g/mol. The van der Waals surface area contributed by atoms with Gasteiger partial charge in [-0.3, -0.25) is 14.4 Å². The minimum atomic E-state index is -0.975. The highest BCUT2D eigenvalue weighted by atomic mass is 16.5. The molecular formula is C30H43N3O5. The summed E-state index contributed by atoms with van der Waals surface area (Å²) >= 11 is 0. The number of rotatable bonds is 11. The molecule has 1 saturated carbocycles. The van der Waals surface area contributed by atoms with Crippen LogP contribution in [-0.2, 0) is 25.7 Å². The van der Waals surface area contributed by atoms with E-state index in [2.05, 4.69) is 10.6 Å². The third-order valence-corrected chi connectivity index (χ3v) is 9.53. The number of aliphatic hydroxyl groups excluding tert-OH is 1. The van der Waals surface area contributed by atoms with Gasteiger partial charge < -0.3 is 25.4 Å². The molecule has 4 fully saturated rings. The Morgan fingerprint density at radius 2 is 1.82 bits per heavy atom. The van der Waals surface area contributed by atoms with E-state index in [1.54, 1.807) is 4.90 Å². The van der Waals surface area contributed by atoms with Crippen molar-refractivity contribution in [2.45, 2.75) is 107 Å².